The van der Waals surface area contributed by atoms with Gasteiger partial charge in [0.2, 0.25) is 0 Å². The summed E-state index contributed by atoms with van der Waals surface area (Å²) in [5.41, 5.74) is 2.33. The summed E-state index contributed by atoms with van der Waals surface area (Å²) >= 11 is 1.71. The van der Waals surface area contributed by atoms with Gasteiger partial charge in [0.25, 0.3) is 0 Å². The van der Waals surface area contributed by atoms with Crippen molar-refractivity contribution in [1.29, 1.82) is 0 Å². The van der Waals surface area contributed by atoms with Crippen LogP contribution < -0.4 is 14.8 Å². The van der Waals surface area contributed by atoms with E-state index in [2.05, 4.69) is 29.1 Å². The fourth-order valence-electron chi connectivity index (χ4n) is 2.00. The van der Waals surface area contributed by atoms with Crippen molar-refractivity contribution < 1.29 is 9.47 Å². The van der Waals surface area contributed by atoms with E-state index in [0.29, 0.717) is 13.2 Å². The molecule has 1 heterocycles. The van der Waals surface area contributed by atoms with Crippen LogP contribution in [0.15, 0.2) is 35.0 Å². The lowest BCUT2D eigenvalue weighted by Crippen LogP contribution is -2.06. The van der Waals surface area contributed by atoms with Gasteiger partial charge in [-0.25, -0.2) is 0 Å². The molecule has 0 saturated heterocycles. The van der Waals surface area contributed by atoms with Crippen LogP contribution >= 0.6 is 11.3 Å². The molecule has 4 heteroatoms. The standard InChI is InChI=1S/C16H21NO2S/c1-4-18-15-7-6-14(10-16(15)19-5-2)17-12(3)13-8-9-20-11-13/h6-12,17H,4-5H2,1-3H3. The van der Waals surface area contributed by atoms with Gasteiger partial charge in [-0.2, -0.15) is 11.3 Å². The monoisotopic (exact) mass is 291 g/mol. The molecule has 1 atom stereocenters. The Balaban J connectivity index is 2.13. The predicted octanol–water partition coefficient (Wildman–Crippen LogP) is 4.72. The lowest BCUT2D eigenvalue weighted by atomic mass is 10.1. The van der Waals surface area contributed by atoms with Crippen LogP contribution in [0.1, 0.15) is 32.4 Å². The summed E-state index contributed by atoms with van der Waals surface area (Å²) in [5, 5.41) is 7.74. The van der Waals surface area contributed by atoms with E-state index in [0.717, 1.165) is 17.2 Å². The number of anilines is 1. The van der Waals surface area contributed by atoms with Crippen molar-refractivity contribution in [2.45, 2.75) is 26.8 Å². The van der Waals surface area contributed by atoms with Crippen LogP contribution in [-0.4, -0.2) is 13.2 Å². The zero-order valence-electron chi connectivity index (χ0n) is 12.2. The molecule has 0 amide bonds. The number of rotatable bonds is 7. The molecule has 0 radical (unpaired) electrons. The summed E-state index contributed by atoms with van der Waals surface area (Å²) in [5.74, 6) is 1.58. The number of thiophene rings is 1. The molecule has 1 unspecified atom stereocenters. The van der Waals surface area contributed by atoms with E-state index >= 15 is 0 Å². The van der Waals surface area contributed by atoms with E-state index < -0.39 is 0 Å². The Morgan fingerprint density at radius 3 is 2.50 bits per heavy atom. The molecule has 20 heavy (non-hydrogen) atoms. The Kier molecular flexibility index (Phi) is 5.30. The third kappa shape index (κ3) is 3.67. The van der Waals surface area contributed by atoms with Crippen molar-refractivity contribution in [2.24, 2.45) is 0 Å². The number of hydrogen-bond acceptors (Lipinski definition) is 4. The highest BCUT2D eigenvalue weighted by molar-refractivity contribution is 7.07. The molecule has 1 N–H and O–H groups in total. The summed E-state index contributed by atoms with van der Waals surface area (Å²) in [7, 11) is 0. The lowest BCUT2D eigenvalue weighted by Gasteiger charge is -2.17. The molecule has 0 aliphatic heterocycles. The van der Waals surface area contributed by atoms with E-state index in [-0.39, 0.29) is 6.04 Å². The van der Waals surface area contributed by atoms with Crippen molar-refractivity contribution in [2.75, 3.05) is 18.5 Å². The summed E-state index contributed by atoms with van der Waals surface area (Å²) in [6.45, 7) is 7.37. The van der Waals surface area contributed by atoms with E-state index in [9.17, 15) is 0 Å². The molecule has 0 aliphatic rings. The van der Waals surface area contributed by atoms with Gasteiger partial charge in [-0.1, -0.05) is 0 Å². The Bertz CT molecular complexity index is 525. The molecular formula is C16H21NO2S. The molecule has 1 aromatic carbocycles. The van der Waals surface area contributed by atoms with E-state index in [1.54, 1.807) is 11.3 Å². The molecule has 0 bridgehead atoms. The quantitative estimate of drug-likeness (QED) is 0.800. The van der Waals surface area contributed by atoms with Crippen molar-refractivity contribution in [3.8, 4) is 11.5 Å². The first-order valence-corrected chi connectivity index (χ1v) is 7.87. The van der Waals surface area contributed by atoms with Crippen molar-refractivity contribution in [3.63, 3.8) is 0 Å². The van der Waals surface area contributed by atoms with Gasteiger partial charge in [-0.05, 0) is 55.3 Å². The van der Waals surface area contributed by atoms with Crippen LogP contribution in [0.2, 0.25) is 0 Å². The minimum Gasteiger partial charge on any atom is -0.490 e. The zero-order chi connectivity index (χ0) is 14.4. The SMILES string of the molecule is CCOc1ccc(NC(C)c2ccsc2)cc1OCC. The second-order valence-electron chi connectivity index (χ2n) is 4.45. The number of hydrogen-bond donors (Lipinski definition) is 1. The predicted molar refractivity (Wildman–Crippen MR) is 85.1 cm³/mol. The third-order valence-electron chi connectivity index (χ3n) is 2.97. The average molecular weight is 291 g/mol. The molecule has 0 spiro atoms. The number of benzene rings is 1. The number of ether oxygens (including phenoxy) is 2. The van der Waals surface area contributed by atoms with Gasteiger partial charge < -0.3 is 14.8 Å². The van der Waals surface area contributed by atoms with Gasteiger partial charge in [0.1, 0.15) is 0 Å². The van der Waals surface area contributed by atoms with Crippen LogP contribution in [0.3, 0.4) is 0 Å². The minimum absolute atomic E-state index is 0.272. The summed E-state index contributed by atoms with van der Waals surface area (Å²) in [6.07, 6.45) is 0. The molecule has 1 aromatic heterocycles. The van der Waals surface area contributed by atoms with Crippen LogP contribution in [0.4, 0.5) is 5.69 Å². The van der Waals surface area contributed by atoms with Crippen LogP contribution in [0.5, 0.6) is 11.5 Å². The molecule has 0 fully saturated rings. The fraction of sp³-hybridized carbons (Fsp3) is 0.375. The Hall–Kier alpha value is -1.68. The van der Waals surface area contributed by atoms with Gasteiger partial charge in [0.05, 0.1) is 13.2 Å². The molecule has 3 nitrogen and oxygen atoms in total. The van der Waals surface area contributed by atoms with E-state index in [4.69, 9.17) is 9.47 Å². The Labute approximate surface area is 124 Å². The van der Waals surface area contributed by atoms with E-state index in [1.165, 1.54) is 5.56 Å². The van der Waals surface area contributed by atoms with Gasteiger partial charge in [0.15, 0.2) is 11.5 Å². The highest BCUT2D eigenvalue weighted by Crippen LogP contribution is 2.32. The first kappa shape index (κ1) is 14.7. The van der Waals surface area contributed by atoms with Crippen LogP contribution in [-0.2, 0) is 0 Å². The maximum absolute atomic E-state index is 5.64. The van der Waals surface area contributed by atoms with Gasteiger partial charge in [-0.15, -0.1) is 0 Å². The summed E-state index contributed by atoms with van der Waals surface area (Å²) in [4.78, 5) is 0. The highest BCUT2D eigenvalue weighted by atomic mass is 32.1. The topological polar surface area (TPSA) is 30.5 Å². The van der Waals surface area contributed by atoms with Gasteiger partial charge in [0, 0.05) is 17.8 Å². The van der Waals surface area contributed by atoms with Crippen molar-refractivity contribution in [3.05, 3.63) is 40.6 Å². The first-order chi connectivity index (χ1) is 9.74. The maximum atomic E-state index is 5.64. The van der Waals surface area contributed by atoms with Crippen molar-refractivity contribution in [1.82, 2.24) is 0 Å². The smallest absolute Gasteiger partial charge is 0.163 e. The Morgan fingerprint density at radius 1 is 1.10 bits per heavy atom. The zero-order valence-corrected chi connectivity index (χ0v) is 13.0. The molecule has 0 saturated carbocycles. The second kappa shape index (κ2) is 7.20. The van der Waals surface area contributed by atoms with Crippen molar-refractivity contribution >= 4 is 17.0 Å². The van der Waals surface area contributed by atoms with Gasteiger partial charge in [-0.3, -0.25) is 0 Å². The van der Waals surface area contributed by atoms with Crippen LogP contribution in [0, 0.1) is 0 Å². The minimum atomic E-state index is 0.272. The Morgan fingerprint density at radius 2 is 1.85 bits per heavy atom. The maximum Gasteiger partial charge on any atom is 0.163 e. The molecule has 0 aliphatic carbocycles. The largest absolute Gasteiger partial charge is 0.490 e. The number of nitrogens with one attached hydrogen (secondary N) is 1. The normalized spacial score (nSPS) is 11.9. The average Bonchev–Trinajstić information content (AvgIpc) is 2.96. The fourth-order valence-corrected chi connectivity index (χ4v) is 2.75. The molecule has 108 valence electrons. The highest BCUT2D eigenvalue weighted by Gasteiger charge is 2.09. The summed E-state index contributed by atoms with van der Waals surface area (Å²) < 4.78 is 11.2. The molecular weight excluding hydrogens is 270 g/mol. The first-order valence-electron chi connectivity index (χ1n) is 6.92. The van der Waals surface area contributed by atoms with Gasteiger partial charge >= 0.3 is 0 Å². The molecule has 2 aromatic rings. The lowest BCUT2D eigenvalue weighted by molar-refractivity contribution is 0.288. The third-order valence-corrected chi connectivity index (χ3v) is 3.67. The van der Waals surface area contributed by atoms with E-state index in [1.807, 2.05) is 32.0 Å². The summed E-state index contributed by atoms with van der Waals surface area (Å²) in [6, 6.07) is 8.39. The second-order valence-corrected chi connectivity index (χ2v) is 5.23. The molecule has 2 rings (SSSR count). The van der Waals surface area contributed by atoms with Crippen LogP contribution in [0.25, 0.3) is 0 Å².